The molecule has 1 aliphatic carbocycles. The summed E-state index contributed by atoms with van der Waals surface area (Å²) in [5.41, 5.74) is 7.51. The van der Waals surface area contributed by atoms with Gasteiger partial charge < -0.3 is 14.6 Å². The molecular weight excluding hydrogens is 388 g/mol. The van der Waals surface area contributed by atoms with Crippen LogP contribution in [0.15, 0.2) is 72.8 Å². The van der Waals surface area contributed by atoms with Crippen molar-refractivity contribution in [3.63, 3.8) is 0 Å². The zero-order chi connectivity index (χ0) is 21.6. The summed E-state index contributed by atoms with van der Waals surface area (Å²) >= 11 is 0. The molecule has 0 aromatic heterocycles. The molecule has 1 atom stereocenters. The van der Waals surface area contributed by atoms with Gasteiger partial charge in [0.25, 0.3) is 0 Å². The second kappa shape index (κ2) is 9.63. The van der Waals surface area contributed by atoms with E-state index in [1.54, 1.807) is 6.92 Å². The average Bonchev–Trinajstić information content (AvgIpc) is 3.15. The molecule has 4 heteroatoms. The summed E-state index contributed by atoms with van der Waals surface area (Å²) in [6.45, 7) is 2.64. The number of aliphatic carboxylic acids is 1. The van der Waals surface area contributed by atoms with Gasteiger partial charge in [-0.3, -0.25) is 0 Å². The summed E-state index contributed by atoms with van der Waals surface area (Å²) in [7, 11) is 0. The molecule has 3 aromatic carbocycles. The molecule has 1 N–H and O–H groups in total. The first-order chi connectivity index (χ1) is 15.1. The number of hydrogen-bond donors (Lipinski definition) is 1. The Morgan fingerprint density at radius 1 is 1.03 bits per heavy atom. The lowest BCUT2D eigenvalue weighted by Gasteiger charge is -2.12. The number of carbonyl (C=O) groups is 1. The Bertz CT molecular complexity index is 1080. The fraction of sp³-hybridized carbons (Fsp3) is 0.222. The van der Waals surface area contributed by atoms with E-state index < -0.39 is 12.1 Å². The molecule has 0 spiro atoms. The van der Waals surface area contributed by atoms with E-state index in [9.17, 15) is 9.90 Å². The van der Waals surface area contributed by atoms with Gasteiger partial charge in [-0.1, -0.05) is 60.7 Å². The Kier molecular flexibility index (Phi) is 6.48. The summed E-state index contributed by atoms with van der Waals surface area (Å²) < 4.78 is 11.1. The van der Waals surface area contributed by atoms with Crippen molar-refractivity contribution in [1.82, 2.24) is 0 Å². The van der Waals surface area contributed by atoms with Crippen LogP contribution in [0, 0.1) is 0 Å². The second-order valence-corrected chi connectivity index (χ2v) is 7.59. The van der Waals surface area contributed by atoms with Crippen molar-refractivity contribution in [3.05, 3.63) is 95.1 Å². The molecule has 1 aliphatic rings. The molecule has 0 saturated carbocycles. The first-order valence-corrected chi connectivity index (χ1v) is 10.6. The molecule has 0 amide bonds. The van der Waals surface area contributed by atoms with Crippen molar-refractivity contribution in [1.29, 1.82) is 0 Å². The van der Waals surface area contributed by atoms with Crippen LogP contribution < -0.4 is 4.74 Å². The third kappa shape index (κ3) is 5.04. The Morgan fingerprint density at radius 2 is 1.81 bits per heavy atom. The van der Waals surface area contributed by atoms with Crippen molar-refractivity contribution < 1.29 is 19.4 Å². The topological polar surface area (TPSA) is 55.8 Å². The number of hydrogen-bond acceptors (Lipinski definition) is 3. The summed E-state index contributed by atoms with van der Waals surface area (Å²) in [5.74, 6) is -0.191. The maximum Gasteiger partial charge on any atom is 0.333 e. The number of ether oxygens (including phenoxy) is 2. The Balaban J connectivity index is 1.31. The number of carboxylic acid groups (broad SMARTS) is 1. The van der Waals surface area contributed by atoms with Crippen LogP contribution in [-0.2, 0) is 22.4 Å². The quantitative estimate of drug-likeness (QED) is 0.399. The van der Waals surface area contributed by atoms with Gasteiger partial charge in [0, 0.05) is 13.0 Å². The normalized spacial score (nSPS) is 13.1. The smallest absolute Gasteiger partial charge is 0.333 e. The Morgan fingerprint density at radius 3 is 2.58 bits per heavy atom. The van der Waals surface area contributed by atoms with Gasteiger partial charge in [0.15, 0.2) is 6.10 Å². The van der Waals surface area contributed by atoms with E-state index >= 15 is 0 Å². The third-order valence-electron chi connectivity index (χ3n) is 5.46. The van der Waals surface area contributed by atoms with Crippen molar-refractivity contribution in [2.75, 3.05) is 13.2 Å². The van der Waals surface area contributed by atoms with Crippen molar-refractivity contribution >= 4 is 12.0 Å². The maximum atomic E-state index is 11.2. The van der Waals surface area contributed by atoms with Crippen LogP contribution in [0.2, 0.25) is 0 Å². The van der Waals surface area contributed by atoms with Gasteiger partial charge in [-0.05, 0) is 64.9 Å². The van der Waals surface area contributed by atoms with Crippen LogP contribution in [-0.4, -0.2) is 30.4 Å². The number of benzene rings is 3. The molecule has 3 aromatic rings. The Hall–Kier alpha value is -3.37. The lowest BCUT2D eigenvalue weighted by Crippen LogP contribution is -2.26. The number of rotatable bonds is 9. The highest BCUT2D eigenvalue weighted by Gasteiger charge is 2.18. The van der Waals surface area contributed by atoms with Gasteiger partial charge in [0.1, 0.15) is 12.4 Å². The van der Waals surface area contributed by atoms with Crippen LogP contribution in [0.4, 0.5) is 0 Å². The van der Waals surface area contributed by atoms with Gasteiger partial charge in [-0.2, -0.15) is 0 Å². The summed E-state index contributed by atoms with van der Waals surface area (Å²) in [5, 5.41) is 9.20. The van der Waals surface area contributed by atoms with E-state index in [1.165, 1.54) is 27.8 Å². The minimum Gasteiger partial charge on any atom is -0.490 e. The van der Waals surface area contributed by atoms with Crippen LogP contribution in [0.5, 0.6) is 5.75 Å². The van der Waals surface area contributed by atoms with Crippen LogP contribution in [0.3, 0.4) is 0 Å². The minimum atomic E-state index is -0.942. The van der Waals surface area contributed by atoms with Gasteiger partial charge >= 0.3 is 5.97 Å². The first-order valence-electron chi connectivity index (χ1n) is 10.6. The van der Waals surface area contributed by atoms with Gasteiger partial charge in [0.2, 0.25) is 0 Å². The van der Waals surface area contributed by atoms with E-state index in [1.807, 2.05) is 30.3 Å². The first kappa shape index (κ1) is 20.9. The molecule has 158 valence electrons. The van der Waals surface area contributed by atoms with E-state index in [-0.39, 0.29) is 0 Å². The zero-order valence-electron chi connectivity index (χ0n) is 17.6. The van der Waals surface area contributed by atoms with E-state index in [0.717, 1.165) is 17.7 Å². The van der Waals surface area contributed by atoms with Crippen LogP contribution >= 0.6 is 0 Å². The van der Waals surface area contributed by atoms with Crippen molar-refractivity contribution in [3.8, 4) is 16.9 Å². The molecule has 0 radical (unpaired) electrons. The molecule has 0 saturated heterocycles. The fourth-order valence-corrected chi connectivity index (χ4v) is 3.95. The predicted molar refractivity (Wildman–Crippen MR) is 122 cm³/mol. The second-order valence-electron chi connectivity index (χ2n) is 7.59. The fourth-order valence-electron chi connectivity index (χ4n) is 3.95. The van der Waals surface area contributed by atoms with Crippen LogP contribution in [0.25, 0.3) is 17.2 Å². The molecule has 0 aliphatic heterocycles. The lowest BCUT2D eigenvalue weighted by atomic mass is 10.0. The molecule has 31 heavy (non-hydrogen) atoms. The van der Waals surface area contributed by atoms with Gasteiger partial charge in [-0.15, -0.1) is 0 Å². The standard InChI is InChI=1S/C27H26O4/c1-2-30-26(27(28)29)17-20-9-12-23(13-10-20)31-15-5-6-19-11-14-25-22(16-19)18-21-7-3-4-8-24(21)25/h3-14,16,26H,2,15,17-18H2,1H3,(H,28,29)/t26-/m0/s1. The summed E-state index contributed by atoms with van der Waals surface area (Å²) in [6.07, 6.45) is 4.60. The van der Waals surface area contributed by atoms with E-state index in [4.69, 9.17) is 9.47 Å². The van der Waals surface area contributed by atoms with E-state index in [2.05, 4.69) is 48.5 Å². The molecule has 0 unspecified atom stereocenters. The van der Waals surface area contributed by atoms with Crippen molar-refractivity contribution in [2.24, 2.45) is 0 Å². The minimum absolute atomic E-state index is 0.339. The zero-order valence-corrected chi connectivity index (χ0v) is 17.6. The van der Waals surface area contributed by atoms with Gasteiger partial charge in [0.05, 0.1) is 0 Å². The molecule has 0 fully saturated rings. The third-order valence-corrected chi connectivity index (χ3v) is 5.46. The highest BCUT2D eigenvalue weighted by molar-refractivity contribution is 5.78. The predicted octanol–water partition coefficient (Wildman–Crippen LogP) is 5.38. The number of fused-ring (bicyclic) bond motifs is 3. The van der Waals surface area contributed by atoms with Crippen molar-refractivity contribution in [2.45, 2.75) is 25.9 Å². The summed E-state index contributed by atoms with van der Waals surface area (Å²) in [6, 6.07) is 22.7. The molecule has 0 bridgehead atoms. The summed E-state index contributed by atoms with van der Waals surface area (Å²) in [4.78, 5) is 11.2. The Labute approximate surface area is 182 Å². The average molecular weight is 415 g/mol. The van der Waals surface area contributed by atoms with Crippen LogP contribution in [0.1, 0.15) is 29.2 Å². The van der Waals surface area contributed by atoms with E-state index in [0.29, 0.717) is 19.6 Å². The maximum absolute atomic E-state index is 11.2. The molecular formula is C27H26O4. The highest BCUT2D eigenvalue weighted by Crippen LogP contribution is 2.36. The molecule has 0 heterocycles. The number of carboxylic acids is 1. The highest BCUT2D eigenvalue weighted by atomic mass is 16.5. The molecule has 4 rings (SSSR count). The lowest BCUT2D eigenvalue weighted by molar-refractivity contribution is -0.149. The molecule has 4 nitrogen and oxygen atoms in total. The largest absolute Gasteiger partial charge is 0.490 e. The SMILES string of the molecule is CCO[C@@H](Cc1ccc(OCC=Cc2ccc3c(c2)Cc2ccccc2-3)cc1)C(=O)O. The monoisotopic (exact) mass is 414 g/mol. The van der Waals surface area contributed by atoms with Gasteiger partial charge in [-0.25, -0.2) is 4.79 Å².